The maximum Gasteiger partial charge on any atom is 0.324 e. The van der Waals surface area contributed by atoms with E-state index in [1.54, 1.807) is 17.1 Å². The number of carbonyl (C=O) groups is 1. The second kappa shape index (κ2) is 11.9. The first-order valence-corrected chi connectivity index (χ1v) is 13.1. The first kappa shape index (κ1) is 24.8. The van der Waals surface area contributed by atoms with E-state index in [2.05, 4.69) is 47.8 Å². The topological polar surface area (TPSA) is 100 Å². The van der Waals surface area contributed by atoms with Crippen LogP contribution in [0.4, 0.5) is 22.2 Å². The van der Waals surface area contributed by atoms with Gasteiger partial charge >= 0.3 is 6.03 Å². The standard InChI is InChI=1S/C28H34N8O/c1-35-26(18-25(34-35)23-11-12-23)33-28(37)32-24-8-5-7-21(17-24)9-10-22-19-30-27(31-20-22)29-13-6-16-36-14-3-2-4-15-36/h5,7-8,17-20,23H,2-4,6,11-16H2,1H3,(H,29,30,31)(H2,32,33,37). The van der Waals surface area contributed by atoms with Gasteiger partial charge < -0.3 is 15.5 Å². The number of amides is 2. The summed E-state index contributed by atoms with van der Waals surface area (Å²) in [5, 5.41) is 13.5. The largest absolute Gasteiger partial charge is 0.354 e. The summed E-state index contributed by atoms with van der Waals surface area (Å²) in [5.41, 5.74) is 3.22. The molecule has 9 heteroatoms. The Bertz CT molecular complexity index is 1260. The summed E-state index contributed by atoms with van der Waals surface area (Å²) in [7, 11) is 1.83. The number of rotatable bonds is 8. The monoisotopic (exact) mass is 498 g/mol. The number of anilines is 3. The van der Waals surface area contributed by atoms with E-state index in [-0.39, 0.29) is 6.03 Å². The highest BCUT2D eigenvalue weighted by molar-refractivity contribution is 5.99. The van der Waals surface area contributed by atoms with Crippen molar-refractivity contribution in [1.29, 1.82) is 0 Å². The Morgan fingerprint density at radius 3 is 2.59 bits per heavy atom. The highest BCUT2D eigenvalue weighted by Gasteiger charge is 2.27. The smallest absolute Gasteiger partial charge is 0.324 e. The van der Waals surface area contributed by atoms with Crippen LogP contribution in [-0.4, -0.2) is 56.9 Å². The van der Waals surface area contributed by atoms with E-state index in [0.29, 0.717) is 23.4 Å². The van der Waals surface area contributed by atoms with Crippen molar-refractivity contribution in [1.82, 2.24) is 24.6 Å². The third-order valence-corrected chi connectivity index (χ3v) is 6.64. The van der Waals surface area contributed by atoms with E-state index in [9.17, 15) is 4.79 Å². The molecule has 3 N–H and O–H groups in total. The number of aryl methyl sites for hydroxylation is 1. The number of nitrogens with zero attached hydrogens (tertiary/aromatic N) is 5. The third-order valence-electron chi connectivity index (χ3n) is 6.64. The summed E-state index contributed by atoms with van der Waals surface area (Å²) in [5.74, 6) is 8.05. The van der Waals surface area contributed by atoms with Gasteiger partial charge in [0, 0.05) is 49.2 Å². The second-order valence-corrected chi connectivity index (χ2v) is 9.74. The first-order valence-electron chi connectivity index (χ1n) is 13.1. The summed E-state index contributed by atoms with van der Waals surface area (Å²) < 4.78 is 1.70. The maximum atomic E-state index is 12.5. The van der Waals surface area contributed by atoms with Gasteiger partial charge in [-0.05, 0) is 69.9 Å². The van der Waals surface area contributed by atoms with Crippen LogP contribution >= 0.6 is 0 Å². The predicted molar refractivity (Wildman–Crippen MR) is 146 cm³/mol. The number of hydrogen-bond acceptors (Lipinski definition) is 6. The van der Waals surface area contributed by atoms with Crippen molar-refractivity contribution in [3.05, 3.63) is 59.5 Å². The molecule has 1 aromatic carbocycles. The van der Waals surface area contributed by atoms with Gasteiger partial charge in [-0.3, -0.25) is 10.00 Å². The fraction of sp³-hybridized carbons (Fsp3) is 0.429. The number of carbonyl (C=O) groups excluding carboxylic acids is 1. The van der Waals surface area contributed by atoms with E-state index in [1.165, 1.54) is 45.2 Å². The van der Waals surface area contributed by atoms with E-state index in [0.717, 1.165) is 36.3 Å². The molecule has 2 aromatic heterocycles. The van der Waals surface area contributed by atoms with Crippen LogP contribution in [0.15, 0.2) is 42.7 Å². The summed E-state index contributed by atoms with van der Waals surface area (Å²) in [4.78, 5) is 23.8. The molecular weight excluding hydrogens is 464 g/mol. The molecule has 0 spiro atoms. The van der Waals surface area contributed by atoms with E-state index >= 15 is 0 Å². The van der Waals surface area contributed by atoms with Gasteiger partial charge in [0.05, 0.1) is 11.3 Å². The Morgan fingerprint density at radius 1 is 1.03 bits per heavy atom. The first-order chi connectivity index (χ1) is 18.1. The van der Waals surface area contributed by atoms with Crippen LogP contribution in [0.3, 0.4) is 0 Å². The van der Waals surface area contributed by atoms with E-state index in [4.69, 9.17) is 0 Å². The molecule has 0 radical (unpaired) electrons. The number of piperidine rings is 1. The lowest BCUT2D eigenvalue weighted by molar-refractivity contribution is 0.228. The molecule has 3 heterocycles. The van der Waals surface area contributed by atoms with Crippen LogP contribution in [0, 0.1) is 11.8 Å². The van der Waals surface area contributed by atoms with Gasteiger partial charge in [-0.2, -0.15) is 5.10 Å². The zero-order valence-corrected chi connectivity index (χ0v) is 21.3. The minimum Gasteiger partial charge on any atom is -0.354 e. The van der Waals surface area contributed by atoms with Gasteiger partial charge in [0.15, 0.2) is 0 Å². The predicted octanol–water partition coefficient (Wildman–Crippen LogP) is 4.42. The van der Waals surface area contributed by atoms with Crippen molar-refractivity contribution < 1.29 is 4.79 Å². The lowest BCUT2D eigenvalue weighted by Crippen LogP contribution is -2.31. The highest BCUT2D eigenvalue weighted by atomic mass is 16.2. The summed E-state index contributed by atoms with van der Waals surface area (Å²) in [6, 6.07) is 9.06. The maximum absolute atomic E-state index is 12.5. The van der Waals surface area contributed by atoms with Crippen molar-refractivity contribution in [2.45, 2.75) is 44.4 Å². The van der Waals surface area contributed by atoms with Crippen LogP contribution in [0.25, 0.3) is 0 Å². The van der Waals surface area contributed by atoms with Crippen LogP contribution in [0.2, 0.25) is 0 Å². The molecule has 192 valence electrons. The van der Waals surface area contributed by atoms with Gasteiger partial charge in [-0.15, -0.1) is 0 Å². The molecule has 3 aromatic rings. The fourth-order valence-corrected chi connectivity index (χ4v) is 4.45. The molecule has 9 nitrogen and oxygen atoms in total. The molecule has 5 rings (SSSR count). The molecule has 2 fully saturated rings. The molecule has 0 bridgehead atoms. The van der Waals surface area contributed by atoms with Crippen molar-refractivity contribution in [2.24, 2.45) is 7.05 Å². The quantitative estimate of drug-likeness (QED) is 0.314. The lowest BCUT2D eigenvalue weighted by atomic mass is 10.1. The molecular formula is C28H34N8O. The van der Waals surface area contributed by atoms with Crippen molar-refractivity contribution in [2.75, 3.05) is 42.1 Å². The molecule has 0 unspecified atom stereocenters. The number of urea groups is 1. The average Bonchev–Trinajstić information content (AvgIpc) is 3.70. The Kier molecular flexibility index (Phi) is 7.96. The Hall–Kier alpha value is -3.90. The Labute approximate surface area is 218 Å². The number of nitrogens with one attached hydrogen (secondary N) is 3. The molecule has 1 saturated heterocycles. The molecule has 1 aliphatic heterocycles. The average molecular weight is 499 g/mol. The Balaban J connectivity index is 1.10. The molecule has 37 heavy (non-hydrogen) atoms. The van der Waals surface area contributed by atoms with Gasteiger partial charge in [0.25, 0.3) is 0 Å². The van der Waals surface area contributed by atoms with Crippen LogP contribution in [-0.2, 0) is 7.05 Å². The van der Waals surface area contributed by atoms with Gasteiger partial charge in [-0.1, -0.05) is 24.3 Å². The lowest BCUT2D eigenvalue weighted by Gasteiger charge is -2.26. The van der Waals surface area contributed by atoms with Gasteiger partial charge in [-0.25, -0.2) is 14.8 Å². The second-order valence-electron chi connectivity index (χ2n) is 9.74. The van der Waals surface area contributed by atoms with Gasteiger partial charge in [0.2, 0.25) is 5.95 Å². The van der Waals surface area contributed by atoms with E-state index < -0.39 is 0 Å². The summed E-state index contributed by atoms with van der Waals surface area (Å²) in [6.45, 7) is 4.43. The SMILES string of the molecule is Cn1nc(C2CC2)cc1NC(=O)Nc1cccc(C#Cc2cnc(NCCCN3CCCCC3)nc2)c1. The third kappa shape index (κ3) is 7.30. The highest BCUT2D eigenvalue weighted by Crippen LogP contribution is 2.39. The summed E-state index contributed by atoms with van der Waals surface area (Å²) >= 11 is 0. The Morgan fingerprint density at radius 2 is 1.81 bits per heavy atom. The van der Waals surface area contributed by atoms with Crippen molar-refractivity contribution in [3.63, 3.8) is 0 Å². The van der Waals surface area contributed by atoms with Crippen LogP contribution in [0.5, 0.6) is 0 Å². The number of hydrogen-bond donors (Lipinski definition) is 3. The normalized spacial score (nSPS) is 15.5. The number of aromatic nitrogens is 4. The molecule has 2 amide bonds. The minimum atomic E-state index is -0.317. The molecule has 2 aliphatic rings. The van der Waals surface area contributed by atoms with E-state index in [1.807, 2.05) is 37.4 Å². The van der Waals surface area contributed by atoms with Crippen LogP contribution < -0.4 is 16.0 Å². The number of likely N-dealkylation sites (tertiary alicyclic amines) is 1. The fourth-order valence-electron chi connectivity index (χ4n) is 4.45. The minimum absolute atomic E-state index is 0.317. The van der Waals surface area contributed by atoms with Crippen molar-refractivity contribution in [3.8, 4) is 11.8 Å². The van der Waals surface area contributed by atoms with Crippen molar-refractivity contribution >= 4 is 23.5 Å². The molecule has 1 aliphatic carbocycles. The molecule has 1 saturated carbocycles. The zero-order valence-electron chi connectivity index (χ0n) is 21.3. The summed E-state index contributed by atoms with van der Waals surface area (Å²) in [6.07, 6.45) is 10.9. The molecule has 0 atom stereocenters. The van der Waals surface area contributed by atoms with Crippen LogP contribution in [0.1, 0.15) is 61.3 Å². The van der Waals surface area contributed by atoms with Gasteiger partial charge in [0.1, 0.15) is 5.82 Å². The number of benzene rings is 1. The zero-order chi connectivity index (χ0) is 25.5.